The highest BCUT2D eigenvalue weighted by Gasteiger charge is 2.56. The number of fused-ring (bicyclic) bond motifs is 1. The summed E-state index contributed by atoms with van der Waals surface area (Å²) in [5.74, 6) is 3.48. The highest BCUT2D eigenvalue weighted by Crippen LogP contribution is 2.52. The molecule has 4 rings (SSSR count). The molecule has 2 aliphatic rings. The van der Waals surface area contributed by atoms with E-state index in [0.29, 0.717) is 6.04 Å². The Hall–Kier alpha value is -1.87. The first-order valence-electron chi connectivity index (χ1n) is 8.59. The van der Waals surface area contributed by atoms with E-state index in [-0.39, 0.29) is 0 Å². The van der Waals surface area contributed by atoms with Gasteiger partial charge in [0.2, 0.25) is 0 Å². The quantitative estimate of drug-likeness (QED) is 0.842. The Bertz CT molecular complexity index is 641. The van der Waals surface area contributed by atoms with Crippen molar-refractivity contribution < 1.29 is 4.74 Å². The van der Waals surface area contributed by atoms with Gasteiger partial charge in [0.15, 0.2) is 0 Å². The number of rotatable bonds is 5. The smallest absolute Gasteiger partial charge is 0.119 e. The Morgan fingerprint density at radius 3 is 2.43 bits per heavy atom. The van der Waals surface area contributed by atoms with Crippen LogP contribution < -0.4 is 4.74 Å². The number of hydrogen-bond donors (Lipinski definition) is 0. The molecule has 1 saturated carbocycles. The lowest BCUT2D eigenvalue weighted by atomic mass is 10.1. The summed E-state index contributed by atoms with van der Waals surface area (Å²) >= 11 is 0. The van der Waals surface area contributed by atoms with Crippen LogP contribution in [0.4, 0.5) is 0 Å². The topological polar surface area (TPSA) is 25.4 Å². The minimum absolute atomic E-state index is 0.685. The standard InChI is InChI=1S/C20H24N2O/c1-14(2)22-11-18-19(12-22)20(18)13-23-17-7-5-15(6-8-17)16-4-3-9-21-10-16/h3-10,14,18-20H,11-13H2,1-2H3. The maximum Gasteiger partial charge on any atom is 0.119 e. The Kier molecular flexibility index (Phi) is 3.82. The molecule has 1 saturated heterocycles. The molecule has 2 fully saturated rings. The molecule has 0 amide bonds. The van der Waals surface area contributed by atoms with Crippen LogP contribution in [0.5, 0.6) is 5.75 Å². The Morgan fingerprint density at radius 2 is 1.83 bits per heavy atom. The maximum absolute atomic E-state index is 6.02. The third-order valence-electron chi connectivity index (χ3n) is 5.42. The van der Waals surface area contributed by atoms with E-state index in [1.165, 1.54) is 18.7 Å². The molecule has 2 unspecified atom stereocenters. The van der Waals surface area contributed by atoms with E-state index in [2.05, 4.69) is 54.1 Å². The van der Waals surface area contributed by atoms with Crippen molar-refractivity contribution >= 4 is 0 Å². The number of piperidine rings is 1. The van der Waals surface area contributed by atoms with Crippen LogP contribution in [-0.2, 0) is 0 Å². The molecule has 0 spiro atoms. The van der Waals surface area contributed by atoms with Gasteiger partial charge in [0.05, 0.1) is 6.61 Å². The summed E-state index contributed by atoms with van der Waals surface area (Å²) in [5, 5.41) is 0. The summed E-state index contributed by atoms with van der Waals surface area (Å²) in [7, 11) is 0. The van der Waals surface area contributed by atoms with E-state index < -0.39 is 0 Å². The lowest BCUT2D eigenvalue weighted by Crippen LogP contribution is -2.31. The van der Waals surface area contributed by atoms with Crippen molar-refractivity contribution in [1.29, 1.82) is 0 Å². The van der Waals surface area contributed by atoms with Crippen molar-refractivity contribution in [2.24, 2.45) is 17.8 Å². The zero-order valence-corrected chi connectivity index (χ0v) is 13.9. The fraction of sp³-hybridized carbons (Fsp3) is 0.450. The number of nitrogens with zero attached hydrogens (tertiary/aromatic N) is 2. The number of aromatic nitrogens is 1. The van der Waals surface area contributed by atoms with E-state index in [4.69, 9.17) is 4.74 Å². The monoisotopic (exact) mass is 308 g/mol. The zero-order chi connectivity index (χ0) is 15.8. The molecule has 2 heterocycles. The second-order valence-corrected chi connectivity index (χ2v) is 7.12. The summed E-state index contributed by atoms with van der Waals surface area (Å²) in [5.41, 5.74) is 2.32. The zero-order valence-electron chi connectivity index (χ0n) is 13.9. The SMILES string of the molecule is CC(C)N1CC2C(COc3ccc(-c4cccnc4)cc3)C2C1. The molecule has 2 aromatic rings. The minimum atomic E-state index is 0.685. The van der Waals surface area contributed by atoms with E-state index >= 15 is 0 Å². The largest absolute Gasteiger partial charge is 0.493 e. The van der Waals surface area contributed by atoms with Crippen molar-refractivity contribution in [3.63, 3.8) is 0 Å². The van der Waals surface area contributed by atoms with Gasteiger partial charge in [-0.3, -0.25) is 4.98 Å². The molecular formula is C20H24N2O. The molecule has 2 atom stereocenters. The van der Waals surface area contributed by atoms with Gasteiger partial charge in [-0.25, -0.2) is 0 Å². The van der Waals surface area contributed by atoms with E-state index in [0.717, 1.165) is 35.7 Å². The third-order valence-corrected chi connectivity index (χ3v) is 5.42. The highest BCUT2D eigenvalue weighted by molar-refractivity contribution is 5.62. The molecule has 0 N–H and O–H groups in total. The lowest BCUT2D eigenvalue weighted by Gasteiger charge is -2.23. The van der Waals surface area contributed by atoms with Gasteiger partial charge in [-0.05, 0) is 55.0 Å². The molecule has 23 heavy (non-hydrogen) atoms. The highest BCUT2D eigenvalue weighted by atomic mass is 16.5. The van der Waals surface area contributed by atoms with Crippen molar-refractivity contribution in [2.45, 2.75) is 19.9 Å². The van der Waals surface area contributed by atoms with Gasteiger partial charge in [0, 0.05) is 37.4 Å². The van der Waals surface area contributed by atoms with Crippen LogP contribution in [0.2, 0.25) is 0 Å². The third kappa shape index (κ3) is 2.98. The first-order valence-corrected chi connectivity index (χ1v) is 8.59. The second kappa shape index (κ2) is 5.97. The van der Waals surface area contributed by atoms with E-state index in [1.54, 1.807) is 6.20 Å². The summed E-state index contributed by atoms with van der Waals surface area (Å²) in [6.45, 7) is 7.97. The van der Waals surface area contributed by atoms with Gasteiger partial charge in [0.25, 0.3) is 0 Å². The van der Waals surface area contributed by atoms with Crippen LogP contribution >= 0.6 is 0 Å². The summed E-state index contributed by atoms with van der Waals surface area (Å²) < 4.78 is 6.02. The average Bonchev–Trinajstić information content (AvgIpc) is 3.03. The molecule has 1 aromatic carbocycles. The molecule has 3 nitrogen and oxygen atoms in total. The molecule has 120 valence electrons. The van der Waals surface area contributed by atoms with Crippen LogP contribution in [0.15, 0.2) is 48.8 Å². The average molecular weight is 308 g/mol. The maximum atomic E-state index is 6.02. The second-order valence-electron chi connectivity index (χ2n) is 7.12. The van der Waals surface area contributed by atoms with Crippen LogP contribution in [0.25, 0.3) is 11.1 Å². The Balaban J connectivity index is 1.30. The van der Waals surface area contributed by atoms with Crippen LogP contribution in [0, 0.1) is 17.8 Å². The van der Waals surface area contributed by atoms with Crippen LogP contribution in [0.1, 0.15) is 13.8 Å². The van der Waals surface area contributed by atoms with Gasteiger partial charge in [-0.15, -0.1) is 0 Å². The number of benzene rings is 1. The van der Waals surface area contributed by atoms with Gasteiger partial charge in [0.1, 0.15) is 5.75 Å². The fourth-order valence-electron chi connectivity index (χ4n) is 3.82. The Morgan fingerprint density at radius 1 is 1.09 bits per heavy atom. The molecule has 0 bridgehead atoms. The predicted molar refractivity (Wildman–Crippen MR) is 92.3 cm³/mol. The van der Waals surface area contributed by atoms with Crippen molar-refractivity contribution in [2.75, 3.05) is 19.7 Å². The predicted octanol–water partition coefficient (Wildman–Crippen LogP) is 3.71. The van der Waals surface area contributed by atoms with Gasteiger partial charge in [-0.1, -0.05) is 18.2 Å². The van der Waals surface area contributed by atoms with Crippen molar-refractivity contribution in [1.82, 2.24) is 9.88 Å². The molecule has 1 aromatic heterocycles. The van der Waals surface area contributed by atoms with Crippen molar-refractivity contribution in [3.8, 4) is 16.9 Å². The van der Waals surface area contributed by atoms with Crippen molar-refractivity contribution in [3.05, 3.63) is 48.8 Å². The van der Waals surface area contributed by atoms with Crippen LogP contribution in [0.3, 0.4) is 0 Å². The summed E-state index contributed by atoms with van der Waals surface area (Å²) in [6.07, 6.45) is 3.69. The number of pyridine rings is 1. The molecule has 1 aliphatic heterocycles. The molecule has 3 heteroatoms. The molecular weight excluding hydrogens is 284 g/mol. The van der Waals surface area contributed by atoms with E-state index in [9.17, 15) is 0 Å². The summed E-state index contributed by atoms with van der Waals surface area (Å²) in [6, 6.07) is 13.1. The van der Waals surface area contributed by atoms with Gasteiger partial charge >= 0.3 is 0 Å². The summed E-state index contributed by atoms with van der Waals surface area (Å²) in [4.78, 5) is 6.76. The number of hydrogen-bond acceptors (Lipinski definition) is 3. The minimum Gasteiger partial charge on any atom is -0.493 e. The normalized spacial score (nSPS) is 26.3. The van der Waals surface area contributed by atoms with Crippen LogP contribution in [-0.4, -0.2) is 35.6 Å². The Labute approximate surface area is 138 Å². The molecule has 1 aliphatic carbocycles. The van der Waals surface area contributed by atoms with Gasteiger partial charge < -0.3 is 9.64 Å². The first kappa shape index (κ1) is 14.7. The lowest BCUT2D eigenvalue weighted by molar-refractivity contribution is 0.206. The fourth-order valence-corrected chi connectivity index (χ4v) is 3.82. The van der Waals surface area contributed by atoms with Gasteiger partial charge in [-0.2, -0.15) is 0 Å². The molecule has 0 radical (unpaired) electrons. The number of likely N-dealkylation sites (tertiary alicyclic amines) is 1. The first-order chi connectivity index (χ1) is 11.2. The number of ether oxygens (including phenoxy) is 1. The van der Waals surface area contributed by atoms with E-state index in [1.807, 2.05) is 12.3 Å².